The van der Waals surface area contributed by atoms with Crippen LogP contribution in [0, 0.1) is 0 Å². The van der Waals surface area contributed by atoms with Crippen molar-refractivity contribution in [3.05, 3.63) is 48.0 Å². The number of hydrogen-bond donors (Lipinski definition) is 2. The first kappa shape index (κ1) is 18.6. The van der Waals surface area contributed by atoms with Crippen molar-refractivity contribution in [2.75, 3.05) is 11.1 Å². The van der Waals surface area contributed by atoms with Crippen LogP contribution >= 0.6 is 0 Å². The molecule has 2 aromatic carbocycles. The molecule has 27 heavy (non-hydrogen) atoms. The highest BCUT2D eigenvalue weighted by molar-refractivity contribution is 5.98. The smallest absolute Gasteiger partial charge is 0.224 e. The van der Waals surface area contributed by atoms with E-state index in [2.05, 4.69) is 20.3 Å². The molecule has 7 nitrogen and oxygen atoms in total. The second kappa shape index (κ2) is 8.93. The number of carbonyl (C=O) groups is 2. The number of nitrogens with one attached hydrogen (secondary N) is 1. The largest absolute Gasteiger partial charge is 0.397 e. The van der Waals surface area contributed by atoms with Crippen LogP contribution in [0.3, 0.4) is 0 Å². The Kier molecular flexibility index (Phi) is 6.14. The van der Waals surface area contributed by atoms with E-state index in [1.165, 1.54) is 0 Å². The fourth-order valence-electron chi connectivity index (χ4n) is 2.85. The molecule has 1 amide bonds. The number of unbranched alkanes of at least 4 members (excludes halogenated alkanes) is 3. The van der Waals surface area contributed by atoms with E-state index in [0.717, 1.165) is 25.7 Å². The van der Waals surface area contributed by atoms with Crippen molar-refractivity contribution in [3.63, 3.8) is 0 Å². The third-order valence-electron chi connectivity index (χ3n) is 4.37. The van der Waals surface area contributed by atoms with Crippen LogP contribution in [0.25, 0.3) is 11.0 Å². The summed E-state index contributed by atoms with van der Waals surface area (Å²) in [4.78, 5) is 24.2. The van der Waals surface area contributed by atoms with Crippen LogP contribution in [0.1, 0.15) is 48.9 Å². The number of anilines is 2. The number of benzene rings is 2. The number of para-hydroxylation sites is 2. The molecule has 0 radical (unpaired) electrons. The first-order valence-electron chi connectivity index (χ1n) is 9.03. The van der Waals surface area contributed by atoms with Gasteiger partial charge in [0.25, 0.3) is 0 Å². The number of rotatable bonds is 9. The summed E-state index contributed by atoms with van der Waals surface area (Å²) in [6, 6.07) is 12.4. The molecule has 1 aromatic heterocycles. The van der Waals surface area contributed by atoms with Crippen LogP contribution in [0.15, 0.2) is 47.1 Å². The van der Waals surface area contributed by atoms with Crippen molar-refractivity contribution in [1.29, 1.82) is 0 Å². The summed E-state index contributed by atoms with van der Waals surface area (Å²) in [5.41, 5.74) is 8.86. The second-order valence-corrected chi connectivity index (χ2v) is 6.44. The minimum atomic E-state index is -0.0431. The van der Waals surface area contributed by atoms with Gasteiger partial charge >= 0.3 is 0 Å². The molecule has 0 aliphatic heterocycles. The molecule has 1 heterocycles. The molecule has 0 spiro atoms. The Bertz CT molecular complexity index is 936. The van der Waals surface area contributed by atoms with Gasteiger partial charge in [-0.25, -0.2) is 4.63 Å². The molecule has 0 atom stereocenters. The van der Waals surface area contributed by atoms with Crippen LogP contribution in [0.4, 0.5) is 11.4 Å². The molecule has 0 bridgehead atoms. The molecular formula is C20H22N4O3. The van der Waals surface area contributed by atoms with E-state index in [1.54, 1.807) is 30.3 Å². The van der Waals surface area contributed by atoms with E-state index in [-0.39, 0.29) is 11.7 Å². The zero-order valence-corrected chi connectivity index (χ0v) is 15.0. The highest BCUT2D eigenvalue weighted by atomic mass is 16.6. The molecule has 3 rings (SSSR count). The minimum absolute atomic E-state index is 0.0431. The zero-order chi connectivity index (χ0) is 19.1. The number of hydrogen-bond acceptors (Lipinski definition) is 6. The summed E-state index contributed by atoms with van der Waals surface area (Å²) in [5.74, 6) is 0.0377. The maximum Gasteiger partial charge on any atom is 0.224 e. The van der Waals surface area contributed by atoms with Crippen LogP contribution in [-0.4, -0.2) is 22.0 Å². The number of nitrogens with two attached hydrogens (primary N) is 1. The molecule has 7 heteroatoms. The Balaban J connectivity index is 1.32. The lowest BCUT2D eigenvalue weighted by Crippen LogP contribution is -2.12. The minimum Gasteiger partial charge on any atom is -0.397 e. The monoisotopic (exact) mass is 366 g/mol. The fraction of sp³-hybridized carbons (Fsp3) is 0.300. The number of Topliss-reactive ketones (excluding diaryl/α,β-unsaturated/α-hetero) is 1. The van der Waals surface area contributed by atoms with Gasteiger partial charge in [-0.05, 0) is 53.5 Å². The van der Waals surface area contributed by atoms with Crippen LogP contribution in [0.2, 0.25) is 0 Å². The Labute approximate surface area is 156 Å². The summed E-state index contributed by atoms with van der Waals surface area (Å²) in [5, 5.41) is 10.3. The van der Waals surface area contributed by atoms with E-state index < -0.39 is 0 Å². The van der Waals surface area contributed by atoms with Gasteiger partial charge in [-0.2, -0.15) is 0 Å². The van der Waals surface area contributed by atoms with Gasteiger partial charge in [-0.1, -0.05) is 25.0 Å². The van der Waals surface area contributed by atoms with Crippen molar-refractivity contribution in [1.82, 2.24) is 10.3 Å². The number of fused-ring (bicyclic) bond motifs is 1. The molecule has 0 aliphatic rings. The van der Waals surface area contributed by atoms with Crippen molar-refractivity contribution in [2.45, 2.75) is 38.5 Å². The third-order valence-corrected chi connectivity index (χ3v) is 4.37. The standard InChI is InChI=1S/C20H22N4O3/c21-15-7-5-6-8-16(15)22-20(26)10-4-2-1-3-9-19(25)14-11-12-17-18(13-14)24-27-23-17/h5-8,11-13H,1-4,9-10,21H2,(H,22,26). The quantitative estimate of drug-likeness (QED) is 0.337. The van der Waals surface area contributed by atoms with Gasteiger partial charge in [0.05, 0.1) is 11.4 Å². The van der Waals surface area contributed by atoms with E-state index in [4.69, 9.17) is 5.73 Å². The van der Waals surface area contributed by atoms with Crippen molar-refractivity contribution < 1.29 is 14.2 Å². The fourth-order valence-corrected chi connectivity index (χ4v) is 2.85. The van der Waals surface area contributed by atoms with E-state index >= 15 is 0 Å². The zero-order valence-electron chi connectivity index (χ0n) is 15.0. The van der Waals surface area contributed by atoms with Gasteiger partial charge in [0.1, 0.15) is 11.0 Å². The number of aromatic nitrogens is 2. The van der Waals surface area contributed by atoms with E-state index in [1.807, 2.05) is 12.1 Å². The van der Waals surface area contributed by atoms with Gasteiger partial charge in [0.2, 0.25) is 5.91 Å². The SMILES string of the molecule is Nc1ccccc1NC(=O)CCCCCCC(=O)c1ccc2nonc2c1. The van der Waals surface area contributed by atoms with Gasteiger partial charge in [-0.3, -0.25) is 9.59 Å². The third kappa shape index (κ3) is 5.13. The molecule has 140 valence electrons. The normalized spacial score (nSPS) is 10.8. The Morgan fingerprint density at radius 3 is 2.48 bits per heavy atom. The van der Waals surface area contributed by atoms with Crippen molar-refractivity contribution in [3.8, 4) is 0 Å². The molecule has 0 aliphatic carbocycles. The molecule has 0 saturated carbocycles. The van der Waals surface area contributed by atoms with E-state index in [0.29, 0.717) is 40.8 Å². The summed E-state index contributed by atoms with van der Waals surface area (Å²) < 4.78 is 4.64. The summed E-state index contributed by atoms with van der Waals surface area (Å²) in [7, 11) is 0. The van der Waals surface area contributed by atoms with Crippen LogP contribution in [0.5, 0.6) is 0 Å². The maximum absolute atomic E-state index is 12.2. The average molecular weight is 366 g/mol. The lowest BCUT2D eigenvalue weighted by Gasteiger charge is -2.07. The number of amides is 1. The molecule has 0 saturated heterocycles. The Morgan fingerprint density at radius 2 is 1.67 bits per heavy atom. The number of nitrogen functional groups attached to an aromatic ring is 1. The van der Waals surface area contributed by atoms with Gasteiger partial charge in [0.15, 0.2) is 5.78 Å². The summed E-state index contributed by atoms with van der Waals surface area (Å²) in [6.07, 6.45) is 4.30. The lowest BCUT2D eigenvalue weighted by atomic mass is 10.0. The molecule has 3 aromatic rings. The maximum atomic E-state index is 12.2. The molecular weight excluding hydrogens is 344 g/mol. The lowest BCUT2D eigenvalue weighted by molar-refractivity contribution is -0.116. The Hall–Kier alpha value is -3.22. The molecule has 0 fully saturated rings. The first-order valence-corrected chi connectivity index (χ1v) is 9.03. The van der Waals surface area contributed by atoms with Crippen LogP contribution in [-0.2, 0) is 4.79 Å². The Morgan fingerprint density at radius 1 is 0.926 bits per heavy atom. The average Bonchev–Trinajstić information content (AvgIpc) is 3.14. The van der Waals surface area contributed by atoms with Crippen molar-refractivity contribution in [2.24, 2.45) is 0 Å². The molecule has 0 unspecified atom stereocenters. The molecule has 3 N–H and O–H groups in total. The van der Waals surface area contributed by atoms with Gasteiger partial charge in [-0.15, -0.1) is 0 Å². The van der Waals surface area contributed by atoms with E-state index in [9.17, 15) is 9.59 Å². The topological polar surface area (TPSA) is 111 Å². The van der Waals surface area contributed by atoms with Gasteiger partial charge in [0, 0.05) is 18.4 Å². The first-order chi connectivity index (χ1) is 13.1. The van der Waals surface area contributed by atoms with Gasteiger partial charge < -0.3 is 11.1 Å². The number of ketones is 1. The van der Waals surface area contributed by atoms with Crippen LogP contribution < -0.4 is 11.1 Å². The highest BCUT2D eigenvalue weighted by Crippen LogP contribution is 2.18. The predicted octanol–water partition coefficient (Wildman–Crippen LogP) is 3.97. The predicted molar refractivity (Wildman–Crippen MR) is 103 cm³/mol. The van der Waals surface area contributed by atoms with Crippen molar-refractivity contribution >= 4 is 34.1 Å². The summed E-state index contributed by atoms with van der Waals surface area (Å²) in [6.45, 7) is 0. The number of carbonyl (C=O) groups excluding carboxylic acids is 2. The second-order valence-electron chi connectivity index (χ2n) is 6.44. The highest BCUT2D eigenvalue weighted by Gasteiger charge is 2.09. The number of nitrogens with zero attached hydrogens (tertiary/aromatic N) is 2. The summed E-state index contributed by atoms with van der Waals surface area (Å²) >= 11 is 0.